The third kappa shape index (κ3) is 4.28. The van der Waals surface area contributed by atoms with Crippen LogP contribution in [0.2, 0.25) is 0 Å². The number of thiophene rings is 1. The van der Waals surface area contributed by atoms with Crippen molar-refractivity contribution in [2.75, 3.05) is 33.9 Å². The lowest BCUT2D eigenvalue weighted by molar-refractivity contribution is 0.0701. The molecule has 0 aliphatic heterocycles. The number of hydrogen-bond acceptors (Lipinski definition) is 7. The van der Waals surface area contributed by atoms with Crippen LogP contribution in [0.1, 0.15) is 29.1 Å². The monoisotopic (exact) mass is 445 g/mol. The second-order valence-electron chi connectivity index (χ2n) is 7.03. The average molecular weight is 446 g/mol. The molecule has 8 nitrogen and oxygen atoms in total. The van der Waals surface area contributed by atoms with E-state index in [9.17, 15) is 14.7 Å². The molecule has 0 bridgehead atoms. The zero-order valence-corrected chi connectivity index (χ0v) is 19.2. The SMILES string of the molecule is CCN(CC)CCn1c(-c2ccc(OC)c(OC)c2)nc2sc(C(=O)O)c(C)c2c1=O. The summed E-state index contributed by atoms with van der Waals surface area (Å²) in [6, 6.07) is 5.36. The van der Waals surface area contributed by atoms with Crippen LogP contribution in [0, 0.1) is 6.92 Å². The number of carboxylic acids is 1. The Morgan fingerprint density at radius 2 is 1.87 bits per heavy atom. The number of carbonyl (C=O) groups is 1. The Labute approximate surface area is 184 Å². The second-order valence-corrected chi connectivity index (χ2v) is 8.03. The van der Waals surface area contributed by atoms with Gasteiger partial charge >= 0.3 is 5.97 Å². The summed E-state index contributed by atoms with van der Waals surface area (Å²) in [6.45, 7) is 8.66. The quantitative estimate of drug-likeness (QED) is 0.539. The number of hydrogen-bond donors (Lipinski definition) is 1. The molecule has 0 fully saturated rings. The number of ether oxygens (including phenoxy) is 2. The summed E-state index contributed by atoms with van der Waals surface area (Å²) in [5, 5.41) is 9.88. The molecule has 166 valence electrons. The molecule has 0 aliphatic rings. The van der Waals surface area contributed by atoms with Gasteiger partial charge in [0.1, 0.15) is 15.5 Å². The van der Waals surface area contributed by atoms with Crippen LogP contribution in [-0.2, 0) is 6.54 Å². The van der Waals surface area contributed by atoms with Gasteiger partial charge in [-0.2, -0.15) is 0 Å². The first kappa shape index (κ1) is 22.8. The van der Waals surface area contributed by atoms with E-state index >= 15 is 0 Å². The molecule has 0 atom stereocenters. The van der Waals surface area contributed by atoms with Crippen LogP contribution >= 0.6 is 11.3 Å². The first-order valence-electron chi connectivity index (χ1n) is 10.1. The van der Waals surface area contributed by atoms with E-state index in [1.165, 1.54) is 0 Å². The van der Waals surface area contributed by atoms with E-state index in [0.29, 0.717) is 51.8 Å². The van der Waals surface area contributed by atoms with Crippen molar-refractivity contribution in [3.8, 4) is 22.9 Å². The van der Waals surface area contributed by atoms with Gasteiger partial charge in [-0.05, 0) is 43.8 Å². The summed E-state index contributed by atoms with van der Waals surface area (Å²) < 4.78 is 12.4. The molecule has 3 aromatic rings. The van der Waals surface area contributed by atoms with Crippen LogP contribution in [0.4, 0.5) is 0 Å². The van der Waals surface area contributed by atoms with Gasteiger partial charge in [0.25, 0.3) is 5.56 Å². The predicted molar refractivity (Wildman–Crippen MR) is 122 cm³/mol. The van der Waals surface area contributed by atoms with Gasteiger partial charge in [-0.25, -0.2) is 9.78 Å². The fourth-order valence-electron chi connectivity index (χ4n) is 3.60. The van der Waals surface area contributed by atoms with E-state index < -0.39 is 5.97 Å². The minimum atomic E-state index is -1.05. The second kappa shape index (κ2) is 9.49. The number of likely N-dealkylation sites (N-methyl/N-ethyl adjacent to an activating group) is 1. The summed E-state index contributed by atoms with van der Waals surface area (Å²) in [5.74, 6) is 0.522. The Bertz CT molecular complexity index is 1160. The van der Waals surface area contributed by atoms with Gasteiger partial charge in [0.15, 0.2) is 11.5 Å². The van der Waals surface area contributed by atoms with Crippen LogP contribution in [0.3, 0.4) is 0 Å². The average Bonchev–Trinajstić information content (AvgIpc) is 3.11. The molecular formula is C22H27N3O5S. The number of aromatic carboxylic acids is 1. The van der Waals surface area contributed by atoms with E-state index in [0.717, 1.165) is 24.4 Å². The van der Waals surface area contributed by atoms with Crippen LogP contribution in [0.15, 0.2) is 23.0 Å². The molecule has 0 saturated carbocycles. The third-order valence-electron chi connectivity index (χ3n) is 5.42. The maximum absolute atomic E-state index is 13.5. The van der Waals surface area contributed by atoms with Gasteiger partial charge in [-0.3, -0.25) is 9.36 Å². The molecule has 2 aromatic heterocycles. The first-order chi connectivity index (χ1) is 14.9. The molecule has 0 radical (unpaired) electrons. The van der Waals surface area contributed by atoms with Crippen molar-refractivity contribution in [3.05, 3.63) is 39.0 Å². The number of aryl methyl sites for hydroxylation is 1. The van der Waals surface area contributed by atoms with Gasteiger partial charge in [0.2, 0.25) is 0 Å². The van der Waals surface area contributed by atoms with Gasteiger partial charge in [-0.1, -0.05) is 13.8 Å². The number of rotatable bonds is 9. The van der Waals surface area contributed by atoms with Gasteiger partial charge in [0, 0.05) is 18.7 Å². The van der Waals surface area contributed by atoms with Gasteiger partial charge in [0.05, 0.1) is 19.6 Å². The van der Waals surface area contributed by atoms with Crippen molar-refractivity contribution in [3.63, 3.8) is 0 Å². The maximum atomic E-state index is 13.5. The van der Waals surface area contributed by atoms with Crippen LogP contribution in [-0.4, -0.2) is 59.4 Å². The number of benzene rings is 1. The highest BCUT2D eigenvalue weighted by Crippen LogP contribution is 2.33. The lowest BCUT2D eigenvalue weighted by Gasteiger charge is -2.20. The molecule has 0 aliphatic carbocycles. The fraction of sp³-hybridized carbons (Fsp3) is 0.409. The summed E-state index contributed by atoms with van der Waals surface area (Å²) in [4.78, 5) is 32.6. The molecule has 2 heterocycles. The van der Waals surface area contributed by atoms with Crippen LogP contribution in [0.5, 0.6) is 11.5 Å². The molecule has 3 rings (SSSR count). The van der Waals surface area contributed by atoms with Crippen molar-refractivity contribution >= 4 is 27.5 Å². The van der Waals surface area contributed by atoms with E-state index in [-0.39, 0.29) is 10.4 Å². The van der Waals surface area contributed by atoms with Crippen molar-refractivity contribution in [1.29, 1.82) is 0 Å². The topological polar surface area (TPSA) is 93.9 Å². The minimum absolute atomic E-state index is 0.138. The summed E-state index contributed by atoms with van der Waals surface area (Å²) in [6.07, 6.45) is 0. The zero-order valence-electron chi connectivity index (χ0n) is 18.4. The third-order valence-corrected chi connectivity index (χ3v) is 6.59. The lowest BCUT2D eigenvalue weighted by atomic mass is 10.1. The number of methoxy groups -OCH3 is 2. The molecule has 1 N–H and O–H groups in total. The standard InChI is InChI=1S/C22H27N3O5S/c1-6-24(7-2)10-11-25-19(14-8-9-15(29-4)16(12-14)30-5)23-20-17(21(25)26)13(3)18(31-20)22(27)28/h8-9,12H,6-7,10-11H2,1-5H3,(H,27,28). The maximum Gasteiger partial charge on any atom is 0.346 e. The summed E-state index contributed by atoms with van der Waals surface area (Å²) in [7, 11) is 3.11. The molecule has 1 aromatic carbocycles. The Hall–Kier alpha value is -2.91. The normalized spacial score (nSPS) is 11.3. The summed E-state index contributed by atoms with van der Waals surface area (Å²) >= 11 is 1.02. The van der Waals surface area contributed by atoms with E-state index in [1.807, 2.05) is 6.07 Å². The largest absolute Gasteiger partial charge is 0.493 e. The molecule has 0 spiro atoms. The molecule has 0 saturated heterocycles. The van der Waals surface area contributed by atoms with E-state index in [1.54, 1.807) is 37.8 Å². The number of carboxylic acid groups (broad SMARTS) is 1. The Kier molecular flexibility index (Phi) is 6.97. The van der Waals surface area contributed by atoms with Gasteiger partial charge < -0.3 is 19.5 Å². The van der Waals surface area contributed by atoms with Crippen molar-refractivity contribution in [2.24, 2.45) is 0 Å². The highest BCUT2D eigenvalue weighted by atomic mass is 32.1. The minimum Gasteiger partial charge on any atom is -0.493 e. The fourth-order valence-corrected chi connectivity index (χ4v) is 4.62. The number of fused-ring (bicyclic) bond motifs is 1. The summed E-state index contributed by atoms with van der Waals surface area (Å²) in [5.41, 5.74) is 0.919. The van der Waals surface area contributed by atoms with Crippen molar-refractivity contribution in [1.82, 2.24) is 14.5 Å². The molecule has 0 unspecified atom stereocenters. The number of aromatic nitrogens is 2. The molecule has 31 heavy (non-hydrogen) atoms. The predicted octanol–water partition coefficient (Wildman–Crippen LogP) is 3.49. The highest BCUT2D eigenvalue weighted by Gasteiger charge is 2.22. The van der Waals surface area contributed by atoms with E-state index in [4.69, 9.17) is 14.5 Å². The molecule has 9 heteroatoms. The Morgan fingerprint density at radius 3 is 2.45 bits per heavy atom. The van der Waals surface area contributed by atoms with Gasteiger partial charge in [-0.15, -0.1) is 11.3 Å². The van der Waals surface area contributed by atoms with Crippen molar-refractivity contribution < 1.29 is 19.4 Å². The van der Waals surface area contributed by atoms with Crippen LogP contribution in [0.25, 0.3) is 21.6 Å². The smallest absolute Gasteiger partial charge is 0.346 e. The Morgan fingerprint density at radius 1 is 1.19 bits per heavy atom. The Balaban J connectivity index is 2.26. The highest BCUT2D eigenvalue weighted by molar-refractivity contribution is 7.20. The lowest BCUT2D eigenvalue weighted by Crippen LogP contribution is -2.32. The molecule has 0 amide bonds. The first-order valence-corrected chi connectivity index (χ1v) is 10.9. The zero-order chi connectivity index (χ0) is 22.7. The van der Waals surface area contributed by atoms with Crippen LogP contribution < -0.4 is 15.0 Å². The van der Waals surface area contributed by atoms with Crippen molar-refractivity contribution in [2.45, 2.75) is 27.3 Å². The van der Waals surface area contributed by atoms with E-state index in [2.05, 4.69) is 18.7 Å². The molecular weight excluding hydrogens is 418 g/mol. The number of nitrogens with zero attached hydrogens (tertiary/aromatic N) is 3.